The van der Waals surface area contributed by atoms with Crippen molar-refractivity contribution in [2.24, 2.45) is 5.10 Å². The number of hydrazone groups is 1. The van der Waals surface area contributed by atoms with Crippen LogP contribution in [-0.2, 0) is 16.1 Å². The van der Waals surface area contributed by atoms with Crippen molar-refractivity contribution in [3.8, 4) is 23.3 Å². The number of halogens is 3. The molecule has 3 rings (SSSR count). The minimum absolute atomic E-state index is 0.0432. The summed E-state index contributed by atoms with van der Waals surface area (Å²) < 4.78 is 16.9. The maximum atomic E-state index is 12.1. The van der Waals surface area contributed by atoms with Crippen molar-refractivity contribution >= 4 is 51.3 Å². The van der Waals surface area contributed by atoms with E-state index in [2.05, 4.69) is 31.4 Å². The van der Waals surface area contributed by atoms with Gasteiger partial charge in [-0.15, -0.1) is 0 Å². The molecule has 0 fully saturated rings. The van der Waals surface area contributed by atoms with Gasteiger partial charge in [-0.3, -0.25) is 4.79 Å². The Labute approximate surface area is 208 Å². The normalized spacial score (nSPS) is 10.9. The number of nitriles is 1. The fraction of sp³-hybridized carbons (Fsp3) is 0.182. The third-order valence-electron chi connectivity index (χ3n) is 4.32. The van der Waals surface area contributed by atoms with Gasteiger partial charge in [0.25, 0.3) is 5.91 Å². The number of furan rings is 1. The molecule has 0 radical (unpaired) electrons. The Morgan fingerprint density at radius 2 is 2.12 bits per heavy atom. The van der Waals surface area contributed by atoms with E-state index in [9.17, 15) is 10.1 Å². The van der Waals surface area contributed by atoms with E-state index in [-0.39, 0.29) is 24.7 Å². The van der Waals surface area contributed by atoms with Gasteiger partial charge in [0, 0.05) is 22.7 Å². The van der Waals surface area contributed by atoms with Gasteiger partial charge in [0.1, 0.15) is 23.2 Å². The predicted molar refractivity (Wildman–Crippen MR) is 127 cm³/mol. The average molecular weight is 552 g/mol. The summed E-state index contributed by atoms with van der Waals surface area (Å²) in [6.07, 6.45) is 1.35. The molecule has 0 aliphatic rings. The van der Waals surface area contributed by atoms with E-state index < -0.39 is 5.91 Å². The minimum Gasteiger partial charge on any atom is -0.467 e. The van der Waals surface area contributed by atoms with E-state index in [0.717, 1.165) is 5.56 Å². The van der Waals surface area contributed by atoms with E-state index >= 15 is 0 Å². The zero-order valence-electron chi connectivity index (χ0n) is 17.5. The monoisotopic (exact) mass is 550 g/mol. The summed E-state index contributed by atoms with van der Waals surface area (Å²) >= 11 is 15.4. The zero-order chi connectivity index (χ0) is 24.0. The van der Waals surface area contributed by atoms with Gasteiger partial charge >= 0.3 is 0 Å². The second kappa shape index (κ2) is 11.3. The van der Waals surface area contributed by atoms with Crippen LogP contribution in [0, 0.1) is 18.3 Å². The summed E-state index contributed by atoms with van der Waals surface area (Å²) in [4.78, 5) is 16.3. The van der Waals surface area contributed by atoms with Crippen LogP contribution >= 0.6 is 39.1 Å². The summed E-state index contributed by atoms with van der Waals surface area (Å²) in [5.41, 5.74) is 4.47. The number of amides is 1. The van der Waals surface area contributed by atoms with Crippen LogP contribution in [0.25, 0.3) is 11.3 Å². The number of rotatable bonds is 8. The molecule has 0 atom stereocenters. The first-order chi connectivity index (χ1) is 15.8. The van der Waals surface area contributed by atoms with E-state index in [1.165, 1.54) is 13.3 Å². The molecule has 0 unspecified atom stereocenters. The maximum absolute atomic E-state index is 12.1. The Bertz CT molecular complexity index is 1250. The number of hydrogen-bond donors (Lipinski definition) is 1. The molecular weight excluding hydrogens is 535 g/mol. The fourth-order valence-electron chi connectivity index (χ4n) is 2.77. The molecule has 11 heteroatoms. The maximum Gasteiger partial charge on any atom is 0.278 e. The Hall–Kier alpha value is -2.90. The molecular formula is C22H17BrCl2N4O4. The molecule has 1 amide bonds. The zero-order valence-corrected chi connectivity index (χ0v) is 20.6. The SMILES string of the molecule is COCc1c(Br)c(C)nc(OCC(=O)N/N=C/c2ccc(-c3ccc(Cl)c(Cl)c3)o2)c1C#N. The lowest BCUT2D eigenvalue weighted by Crippen LogP contribution is -2.25. The van der Waals surface area contributed by atoms with Gasteiger partial charge in [0.05, 0.1) is 28.6 Å². The summed E-state index contributed by atoms with van der Waals surface area (Å²) in [5, 5.41) is 14.2. The Balaban J connectivity index is 1.61. The van der Waals surface area contributed by atoms with Crippen LogP contribution in [0.4, 0.5) is 0 Å². The lowest BCUT2D eigenvalue weighted by Gasteiger charge is -2.13. The molecule has 2 heterocycles. The van der Waals surface area contributed by atoms with Gasteiger partial charge in [-0.1, -0.05) is 23.2 Å². The van der Waals surface area contributed by atoms with E-state index in [4.69, 9.17) is 37.1 Å². The first kappa shape index (κ1) is 24.7. The molecule has 0 bridgehead atoms. The van der Waals surface area contributed by atoms with Crippen LogP contribution in [0.15, 0.2) is 44.3 Å². The number of benzene rings is 1. The lowest BCUT2D eigenvalue weighted by atomic mass is 10.1. The Morgan fingerprint density at radius 3 is 2.82 bits per heavy atom. The van der Waals surface area contributed by atoms with E-state index in [0.29, 0.717) is 37.3 Å². The van der Waals surface area contributed by atoms with E-state index in [1.54, 1.807) is 37.3 Å². The number of nitrogens with one attached hydrogen (secondary N) is 1. The molecule has 33 heavy (non-hydrogen) atoms. The van der Waals surface area contributed by atoms with Crippen LogP contribution in [0.1, 0.15) is 22.6 Å². The number of methoxy groups -OCH3 is 1. The molecule has 0 spiro atoms. The summed E-state index contributed by atoms with van der Waals surface area (Å²) in [7, 11) is 1.52. The average Bonchev–Trinajstić information content (AvgIpc) is 3.26. The number of carbonyl (C=O) groups excluding carboxylic acids is 1. The summed E-state index contributed by atoms with van der Waals surface area (Å²) in [5.74, 6) is 0.486. The van der Waals surface area contributed by atoms with Crippen LogP contribution in [0.3, 0.4) is 0 Å². The molecule has 0 aliphatic carbocycles. The second-order valence-electron chi connectivity index (χ2n) is 6.63. The molecule has 0 saturated carbocycles. The van der Waals surface area contributed by atoms with Crippen LogP contribution in [-0.4, -0.2) is 30.8 Å². The second-order valence-corrected chi connectivity index (χ2v) is 8.23. The highest BCUT2D eigenvalue weighted by Crippen LogP contribution is 2.30. The van der Waals surface area contributed by atoms with Gasteiger partial charge in [0.2, 0.25) is 5.88 Å². The fourth-order valence-corrected chi connectivity index (χ4v) is 3.47. The van der Waals surface area contributed by atoms with Gasteiger partial charge in [0.15, 0.2) is 6.61 Å². The number of nitrogens with zero attached hydrogens (tertiary/aromatic N) is 3. The molecule has 1 N–H and O–H groups in total. The highest BCUT2D eigenvalue weighted by Gasteiger charge is 2.18. The molecule has 0 aliphatic heterocycles. The van der Waals surface area contributed by atoms with Crippen molar-refractivity contribution in [2.75, 3.05) is 13.7 Å². The van der Waals surface area contributed by atoms with Crippen LogP contribution in [0.5, 0.6) is 5.88 Å². The topological polar surface area (TPSA) is 110 Å². The smallest absolute Gasteiger partial charge is 0.278 e. The number of pyridine rings is 1. The van der Waals surface area contributed by atoms with Crippen molar-refractivity contribution in [1.82, 2.24) is 10.4 Å². The van der Waals surface area contributed by atoms with Crippen LogP contribution < -0.4 is 10.2 Å². The molecule has 8 nitrogen and oxygen atoms in total. The van der Waals surface area contributed by atoms with Crippen molar-refractivity contribution in [3.63, 3.8) is 0 Å². The number of aryl methyl sites for hydroxylation is 1. The molecule has 1 aromatic carbocycles. The first-order valence-corrected chi connectivity index (χ1v) is 11.0. The third-order valence-corrected chi connectivity index (χ3v) is 6.11. The third kappa shape index (κ3) is 6.12. The van der Waals surface area contributed by atoms with Gasteiger partial charge in [-0.2, -0.15) is 10.4 Å². The predicted octanol–water partition coefficient (Wildman–Crippen LogP) is 5.27. The number of carbonyl (C=O) groups is 1. The number of aromatic nitrogens is 1. The highest BCUT2D eigenvalue weighted by molar-refractivity contribution is 9.10. The van der Waals surface area contributed by atoms with Gasteiger partial charge < -0.3 is 13.9 Å². The highest BCUT2D eigenvalue weighted by atomic mass is 79.9. The lowest BCUT2D eigenvalue weighted by molar-refractivity contribution is -0.123. The minimum atomic E-state index is -0.540. The number of ether oxygens (including phenoxy) is 2. The van der Waals surface area contributed by atoms with Crippen molar-refractivity contribution < 1.29 is 18.7 Å². The largest absolute Gasteiger partial charge is 0.467 e. The van der Waals surface area contributed by atoms with Crippen LogP contribution in [0.2, 0.25) is 10.0 Å². The summed E-state index contributed by atoms with van der Waals surface area (Å²) in [6.45, 7) is 1.55. The van der Waals surface area contributed by atoms with Crippen molar-refractivity contribution in [2.45, 2.75) is 13.5 Å². The Kier molecular flexibility index (Phi) is 8.47. The summed E-state index contributed by atoms with van der Waals surface area (Å²) in [6, 6.07) is 10.6. The molecule has 3 aromatic rings. The first-order valence-electron chi connectivity index (χ1n) is 9.42. The molecule has 2 aromatic heterocycles. The van der Waals surface area contributed by atoms with Crippen molar-refractivity contribution in [1.29, 1.82) is 5.26 Å². The van der Waals surface area contributed by atoms with Gasteiger partial charge in [-0.05, 0) is 53.2 Å². The van der Waals surface area contributed by atoms with Crippen molar-refractivity contribution in [3.05, 3.63) is 67.4 Å². The van der Waals surface area contributed by atoms with E-state index in [1.807, 2.05) is 6.07 Å². The molecule has 0 saturated heterocycles. The van der Waals surface area contributed by atoms with Gasteiger partial charge in [-0.25, -0.2) is 10.4 Å². The molecule has 170 valence electrons. The standard InChI is InChI=1S/C22H17BrCl2N4O4/c1-12-21(23)16(10-31-2)15(8-26)22(28-12)32-11-20(30)29-27-9-14-4-6-19(33-14)13-3-5-17(24)18(25)7-13/h3-7,9H,10-11H2,1-2H3,(H,29,30)/b27-9+. The quantitative estimate of drug-likeness (QED) is 0.302. The number of hydrogen-bond acceptors (Lipinski definition) is 7. The Morgan fingerprint density at radius 1 is 1.33 bits per heavy atom.